The number of piperidine rings is 1. The highest BCUT2D eigenvalue weighted by atomic mass is 35.5. The second-order valence-electron chi connectivity index (χ2n) is 9.09. The molecule has 5 nitrogen and oxygen atoms in total. The SMILES string of the molecule is Cl.O=C(c1ccccc1)C(Cc1ccccc1)OCC(O)CN1CCC(O)(c2ccccc2)CC1. The lowest BCUT2D eigenvalue weighted by Crippen LogP contribution is -2.46. The number of Topliss-reactive ketones (excluding diaryl/α,β-unsaturated/α-hetero) is 1. The Morgan fingerprint density at radius 2 is 1.43 bits per heavy atom. The molecule has 0 aliphatic carbocycles. The third kappa shape index (κ3) is 7.47. The van der Waals surface area contributed by atoms with Crippen LogP contribution in [0, 0.1) is 0 Å². The summed E-state index contributed by atoms with van der Waals surface area (Å²) in [5.74, 6) is -0.0810. The van der Waals surface area contributed by atoms with Crippen LogP contribution in [0.4, 0.5) is 0 Å². The van der Waals surface area contributed by atoms with Crippen LogP contribution in [0.1, 0.15) is 34.3 Å². The lowest BCUT2D eigenvalue weighted by atomic mass is 9.84. The van der Waals surface area contributed by atoms with Gasteiger partial charge in [0.05, 0.1) is 18.3 Å². The van der Waals surface area contributed by atoms with Crippen molar-refractivity contribution in [3.05, 3.63) is 108 Å². The van der Waals surface area contributed by atoms with Crippen LogP contribution >= 0.6 is 12.4 Å². The Morgan fingerprint density at radius 3 is 2.03 bits per heavy atom. The number of β-amino-alcohol motifs (C(OH)–C–C–N with tert-alkyl or cyclic N) is 1. The lowest BCUT2D eigenvalue weighted by Gasteiger charge is -2.39. The van der Waals surface area contributed by atoms with E-state index >= 15 is 0 Å². The average molecular weight is 496 g/mol. The van der Waals surface area contributed by atoms with Gasteiger partial charge in [0.2, 0.25) is 0 Å². The normalized spacial score (nSPS) is 17.2. The molecule has 1 aliphatic rings. The van der Waals surface area contributed by atoms with E-state index in [9.17, 15) is 15.0 Å². The van der Waals surface area contributed by atoms with Crippen LogP contribution in [0.2, 0.25) is 0 Å². The van der Waals surface area contributed by atoms with Crippen LogP contribution in [0.3, 0.4) is 0 Å². The minimum Gasteiger partial charge on any atom is -0.389 e. The van der Waals surface area contributed by atoms with Gasteiger partial charge in [-0.2, -0.15) is 0 Å². The fourth-order valence-electron chi connectivity index (χ4n) is 4.56. The summed E-state index contributed by atoms with van der Waals surface area (Å²) < 4.78 is 6.00. The number of ether oxygens (including phenoxy) is 1. The third-order valence-corrected chi connectivity index (χ3v) is 6.57. The summed E-state index contributed by atoms with van der Waals surface area (Å²) in [6.07, 6.45) is 0.310. The summed E-state index contributed by atoms with van der Waals surface area (Å²) in [4.78, 5) is 15.3. The molecule has 3 aromatic rings. The Labute approximate surface area is 213 Å². The van der Waals surface area contributed by atoms with Gasteiger partial charge in [0, 0.05) is 31.6 Å². The molecule has 1 heterocycles. The van der Waals surface area contributed by atoms with Crippen LogP contribution in [0.5, 0.6) is 0 Å². The zero-order valence-electron chi connectivity index (χ0n) is 19.8. The van der Waals surface area contributed by atoms with Gasteiger partial charge in [0.1, 0.15) is 6.10 Å². The Morgan fingerprint density at radius 1 is 0.886 bits per heavy atom. The van der Waals surface area contributed by atoms with Gasteiger partial charge in [-0.05, 0) is 24.0 Å². The van der Waals surface area contributed by atoms with Gasteiger partial charge in [-0.3, -0.25) is 4.79 Å². The first-order valence-corrected chi connectivity index (χ1v) is 12.0. The van der Waals surface area contributed by atoms with Crippen molar-refractivity contribution in [2.24, 2.45) is 0 Å². The van der Waals surface area contributed by atoms with Gasteiger partial charge in [0.25, 0.3) is 0 Å². The number of halogens is 1. The topological polar surface area (TPSA) is 70.0 Å². The van der Waals surface area contributed by atoms with E-state index in [0.717, 1.165) is 11.1 Å². The fourth-order valence-corrected chi connectivity index (χ4v) is 4.56. The summed E-state index contributed by atoms with van der Waals surface area (Å²) in [6, 6.07) is 28.7. The number of aliphatic hydroxyl groups is 2. The second kappa shape index (κ2) is 13.0. The van der Waals surface area contributed by atoms with Crippen molar-refractivity contribution in [3.8, 4) is 0 Å². The highest BCUT2D eigenvalue weighted by molar-refractivity contribution is 5.99. The Kier molecular flexibility index (Phi) is 10.0. The van der Waals surface area contributed by atoms with E-state index in [4.69, 9.17) is 4.74 Å². The molecule has 186 valence electrons. The van der Waals surface area contributed by atoms with Crippen molar-refractivity contribution in [1.29, 1.82) is 0 Å². The number of likely N-dealkylation sites (tertiary alicyclic amines) is 1. The van der Waals surface area contributed by atoms with Crippen molar-refractivity contribution in [2.45, 2.75) is 37.1 Å². The number of nitrogens with zero attached hydrogens (tertiary/aromatic N) is 1. The van der Waals surface area contributed by atoms with E-state index in [1.807, 2.05) is 78.9 Å². The van der Waals surface area contributed by atoms with Crippen LogP contribution in [-0.2, 0) is 16.8 Å². The van der Waals surface area contributed by atoms with Gasteiger partial charge in [-0.25, -0.2) is 0 Å². The lowest BCUT2D eigenvalue weighted by molar-refractivity contribution is -0.0483. The maximum absolute atomic E-state index is 13.1. The van der Waals surface area contributed by atoms with Crippen molar-refractivity contribution in [2.75, 3.05) is 26.2 Å². The molecule has 1 fully saturated rings. The molecule has 0 amide bonds. The standard InChI is InChI=1S/C29H33NO4.ClH/c31-26(21-30-18-16-29(33,17-19-30)25-14-8-3-9-15-25)22-34-27(20-23-10-4-1-5-11-23)28(32)24-12-6-2-7-13-24;/h1-15,26-27,31,33H,16-22H2;1H. The average Bonchev–Trinajstić information content (AvgIpc) is 2.89. The number of hydrogen-bond donors (Lipinski definition) is 2. The number of aliphatic hydroxyl groups excluding tert-OH is 1. The fraction of sp³-hybridized carbons (Fsp3) is 0.345. The minimum atomic E-state index is -0.817. The van der Waals surface area contributed by atoms with E-state index in [0.29, 0.717) is 44.5 Å². The minimum absolute atomic E-state index is 0. The van der Waals surface area contributed by atoms with Crippen LogP contribution in [0.25, 0.3) is 0 Å². The molecule has 0 aromatic heterocycles. The molecule has 0 spiro atoms. The summed E-state index contributed by atoms with van der Waals surface area (Å²) in [6.45, 7) is 1.91. The van der Waals surface area contributed by atoms with E-state index in [1.165, 1.54) is 0 Å². The van der Waals surface area contributed by atoms with Crippen molar-refractivity contribution in [3.63, 3.8) is 0 Å². The molecular formula is C29H34ClNO4. The quantitative estimate of drug-likeness (QED) is 0.411. The highest BCUT2D eigenvalue weighted by Gasteiger charge is 2.34. The second-order valence-corrected chi connectivity index (χ2v) is 9.09. The first-order chi connectivity index (χ1) is 16.5. The van der Waals surface area contributed by atoms with Crippen molar-refractivity contribution in [1.82, 2.24) is 4.90 Å². The monoisotopic (exact) mass is 495 g/mol. The number of rotatable bonds is 10. The summed E-state index contributed by atoms with van der Waals surface area (Å²) in [5, 5.41) is 21.7. The van der Waals surface area contributed by atoms with E-state index in [1.54, 1.807) is 12.1 Å². The molecule has 3 aromatic carbocycles. The number of carbonyl (C=O) groups is 1. The predicted molar refractivity (Wildman–Crippen MR) is 140 cm³/mol. The third-order valence-electron chi connectivity index (χ3n) is 6.57. The molecular weight excluding hydrogens is 462 g/mol. The van der Waals surface area contributed by atoms with E-state index in [2.05, 4.69) is 4.90 Å². The van der Waals surface area contributed by atoms with Gasteiger partial charge in [0.15, 0.2) is 5.78 Å². The molecule has 0 bridgehead atoms. The summed E-state index contributed by atoms with van der Waals surface area (Å²) in [5.41, 5.74) is 1.75. The zero-order chi connectivity index (χ0) is 23.8. The Balaban J connectivity index is 0.00000342. The number of carbonyl (C=O) groups excluding carboxylic acids is 1. The molecule has 6 heteroatoms. The maximum atomic E-state index is 13.1. The molecule has 2 atom stereocenters. The summed E-state index contributed by atoms with van der Waals surface area (Å²) >= 11 is 0. The highest BCUT2D eigenvalue weighted by Crippen LogP contribution is 2.32. The first kappa shape index (κ1) is 27.1. The largest absolute Gasteiger partial charge is 0.389 e. The molecule has 35 heavy (non-hydrogen) atoms. The molecule has 2 unspecified atom stereocenters. The van der Waals surface area contributed by atoms with Gasteiger partial charge in [-0.1, -0.05) is 91.0 Å². The molecule has 4 rings (SSSR count). The maximum Gasteiger partial charge on any atom is 0.191 e. The van der Waals surface area contributed by atoms with Crippen molar-refractivity contribution < 1.29 is 19.7 Å². The first-order valence-electron chi connectivity index (χ1n) is 12.0. The summed E-state index contributed by atoms with van der Waals surface area (Å²) in [7, 11) is 0. The molecule has 2 N–H and O–H groups in total. The molecule has 1 saturated heterocycles. The zero-order valence-corrected chi connectivity index (χ0v) is 20.6. The number of benzene rings is 3. The van der Waals surface area contributed by atoms with Gasteiger partial charge < -0.3 is 19.8 Å². The molecule has 0 saturated carbocycles. The van der Waals surface area contributed by atoms with Gasteiger partial charge >= 0.3 is 0 Å². The van der Waals surface area contributed by atoms with Crippen LogP contribution < -0.4 is 0 Å². The smallest absolute Gasteiger partial charge is 0.191 e. The predicted octanol–water partition coefficient (Wildman–Crippen LogP) is 4.26. The molecule has 1 aliphatic heterocycles. The van der Waals surface area contributed by atoms with Crippen molar-refractivity contribution >= 4 is 18.2 Å². The van der Waals surface area contributed by atoms with Crippen LogP contribution in [-0.4, -0.2) is 59.3 Å². The van der Waals surface area contributed by atoms with E-state index in [-0.39, 0.29) is 24.8 Å². The Hall–Kier alpha value is -2.54. The van der Waals surface area contributed by atoms with Crippen LogP contribution in [0.15, 0.2) is 91.0 Å². The van der Waals surface area contributed by atoms with Gasteiger partial charge in [-0.15, -0.1) is 12.4 Å². The number of hydrogen-bond acceptors (Lipinski definition) is 5. The van der Waals surface area contributed by atoms with E-state index < -0.39 is 17.8 Å². The number of ketones is 1. The Bertz CT molecular complexity index is 1020. The molecule has 0 radical (unpaired) electrons.